The normalized spacial score (nSPS) is 23.8. The first-order chi connectivity index (χ1) is 11.4. The fourth-order valence-corrected chi connectivity index (χ4v) is 3.60. The minimum Gasteiger partial charge on any atom is -0.462 e. The van der Waals surface area contributed by atoms with Gasteiger partial charge in [0.05, 0.1) is 0 Å². The number of halogens is 1. The second-order valence-corrected chi connectivity index (χ2v) is 7.05. The molecule has 132 valence electrons. The Labute approximate surface area is 151 Å². The van der Waals surface area contributed by atoms with Gasteiger partial charge in [0.15, 0.2) is 0 Å². The number of carbonyl (C=O) groups is 2. The number of benzene rings is 1. The van der Waals surface area contributed by atoms with Gasteiger partial charge in [-0.2, -0.15) is 0 Å². The molecule has 2 rings (SSSR count). The highest BCUT2D eigenvalue weighted by Crippen LogP contribution is 2.25. The average molecular weight is 397 g/mol. The van der Waals surface area contributed by atoms with Crippen molar-refractivity contribution >= 4 is 27.8 Å². The molecule has 24 heavy (non-hydrogen) atoms. The zero-order chi connectivity index (χ0) is 17.7. The first-order valence-electron chi connectivity index (χ1n) is 8.20. The summed E-state index contributed by atoms with van der Waals surface area (Å²) in [5.41, 5.74) is 1.78. The SMILES string of the molecule is CC(=O)OC1CCC(N(C)C)C(NC(=O)c2ccc(CBr)cc2)C1. The van der Waals surface area contributed by atoms with E-state index in [4.69, 9.17) is 4.74 Å². The molecule has 0 aliphatic heterocycles. The largest absolute Gasteiger partial charge is 0.462 e. The lowest BCUT2D eigenvalue weighted by Gasteiger charge is -2.39. The minimum absolute atomic E-state index is 0.0403. The maximum absolute atomic E-state index is 12.6. The second kappa shape index (κ2) is 8.62. The molecule has 0 bridgehead atoms. The number of likely N-dealkylation sites (N-methyl/N-ethyl adjacent to an activating group) is 1. The van der Waals surface area contributed by atoms with Crippen LogP contribution in [-0.2, 0) is 14.9 Å². The van der Waals surface area contributed by atoms with Crippen LogP contribution in [0.1, 0.15) is 42.1 Å². The Morgan fingerprint density at radius 3 is 2.46 bits per heavy atom. The maximum Gasteiger partial charge on any atom is 0.302 e. The van der Waals surface area contributed by atoms with Gasteiger partial charge in [-0.1, -0.05) is 28.1 Å². The lowest BCUT2D eigenvalue weighted by Crippen LogP contribution is -2.54. The highest BCUT2D eigenvalue weighted by Gasteiger charge is 2.34. The minimum atomic E-state index is -0.265. The molecule has 0 spiro atoms. The van der Waals surface area contributed by atoms with Crippen molar-refractivity contribution in [2.45, 2.75) is 49.7 Å². The fourth-order valence-electron chi connectivity index (χ4n) is 3.23. The van der Waals surface area contributed by atoms with Crippen molar-refractivity contribution < 1.29 is 14.3 Å². The molecule has 1 N–H and O–H groups in total. The Kier molecular flexibility index (Phi) is 6.80. The zero-order valence-electron chi connectivity index (χ0n) is 14.4. The molecule has 0 radical (unpaired) electrons. The highest BCUT2D eigenvalue weighted by atomic mass is 79.9. The van der Waals surface area contributed by atoms with E-state index in [1.54, 1.807) is 0 Å². The van der Waals surface area contributed by atoms with Crippen LogP contribution in [0.5, 0.6) is 0 Å². The van der Waals surface area contributed by atoms with Crippen molar-refractivity contribution in [2.24, 2.45) is 0 Å². The molecule has 1 aliphatic carbocycles. The molecule has 3 atom stereocenters. The molecule has 0 saturated heterocycles. The zero-order valence-corrected chi connectivity index (χ0v) is 16.0. The van der Waals surface area contributed by atoms with Crippen LogP contribution in [0.3, 0.4) is 0 Å². The Bertz CT molecular complexity index is 574. The fraction of sp³-hybridized carbons (Fsp3) is 0.556. The second-order valence-electron chi connectivity index (χ2n) is 6.49. The van der Waals surface area contributed by atoms with Crippen LogP contribution in [-0.4, -0.2) is 49.1 Å². The Hall–Kier alpha value is -1.40. The summed E-state index contributed by atoms with van der Waals surface area (Å²) < 4.78 is 5.35. The number of carbonyl (C=O) groups excluding carboxylic acids is 2. The predicted octanol–water partition coefficient (Wildman–Crippen LogP) is 2.73. The number of ether oxygens (including phenoxy) is 1. The number of hydrogen-bond donors (Lipinski definition) is 1. The molecule has 1 aromatic rings. The van der Waals surface area contributed by atoms with Crippen LogP contribution in [0.2, 0.25) is 0 Å². The number of alkyl halides is 1. The van der Waals surface area contributed by atoms with Gasteiger partial charge in [-0.15, -0.1) is 0 Å². The van der Waals surface area contributed by atoms with E-state index < -0.39 is 0 Å². The Balaban J connectivity index is 2.06. The van der Waals surface area contributed by atoms with Gasteiger partial charge in [-0.25, -0.2) is 0 Å². The number of esters is 1. The van der Waals surface area contributed by atoms with Gasteiger partial charge in [0.1, 0.15) is 6.10 Å². The quantitative estimate of drug-likeness (QED) is 0.613. The summed E-state index contributed by atoms with van der Waals surface area (Å²) in [6.07, 6.45) is 2.24. The first-order valence-corrected chi connectivity index (χ1v) is 9.32. The van der Waals surface area contributed by atoms with Crippen molar-refractivity contribution in [2.75, 3.05) is 14.1 Å². The van der Waals surface area contributed by atoms with E-state index in [1.807, 2.05) is 38.4 Å². The molecule has 5 nitrogen and oxygen atoms in total. The van der Waals surface area contributed by atoms with Crippen LogP contribution in [0.4, 0.5) is 0 Å². The van der Waals surface area contributed by atoms with Gasteiger partial charge in [0.2, 0.25) is 0 Å². The van der Waals surface area contributed by atoms with E-state index in [2.05, 4.69) is 26.1 Å². The van der Waals surface area contributed by atoms with Gasteiger partial charge in [-0.3, -0.25) is 9.59 Å². The summed E-state index contributed by atoms with van der Waals surface area (Å²) in [6, 6.07) is 7.75. The average Bonchev–Trinajstić information content (AvgIpc) is 2.54. The van der Waals surface area contributed by atoms with Crippen LogP contribution >= 0.6 is 15.9 Å². The number of rotatable bonds is 5. The first kappa shape index (κ1) is 18.9. The van der Waals surface area contributed by atoms with Crippen LogP contribution in [0.15, 0.2) is 24.3 Å². The van der Waals surface area contributed by atoms with Gasteiger partial charge in [0, 0.05) is 36.3 Å². The topological polar surface area (TPSA) is 58.6 Å². The molecule has 1 saturated carbocycles. The summed E-state index contributed by atoms with van der Waals surface area (Å²) in [7, 11) is 4.03. The third-order valence-corrected chi connectivity index (χ3v) is 5.10. The van der Waals surface area contributed by atoms with E-state index in [0.29, 0.717) is 12.0 Å². The summed E-state index contributed by atoms with van der Waals surface area (Å²) >= 11 is 3.40. The van der Waals surface area contributed by atoms with E-state index in [1.165, 1.54) is 6.92 Å². The monoisotopic (exact) mass is 396 g/mol. The summed E-state index contributed by atoms with van der Waals surface area (Å²) in [5.74, 6) is -0.352. The standard InChI is InChI=1S/C18H25BrN2O3/c1-12(22)24-15-8-9-17(21(2)3)16(10-15)20-18(23)14-6-4-13(11-19)5-7-14/h4-7,15-17H,8-11H2,1-3H3,(H,20,23). The molecular weight excluding hydrogens is 372 g/mol. The Morgan fingerprint density at radius 1 is 1.25 bits per heavy atom. The lowest BCUT2D eigenvalue weighted by atomic mass is 9.87. The molecule has 1 aliphatic rings. The smallest absolute Gasteiger partial charge is 0.302 e. The van der Waals surface area contributed by atoms with Crippen LogP contribution < -0.4 is 5.32 Å². The van der Waals surface area contributed by atoms with Gasteiger partial charge in [0.25, 0.3) is 5.91 Å². The number of hydrogen-bond acceptors (Lipinski definition) is 4. The van der Waals surface area contributed by atoms with Crippen molar-refractivity contribution in [3.8, 4) is 0 Å². The van der Waals surface area contributed by atoms with Crippen molar-refractivity contribution in [1.82, 2.24) is 10.2 Å². The number of amides is 1. The van der Waals surface area contributed by atoms with Crippen molar-refractivity contribution in [3.63, 3.8) is 0 Å². The Morgan fingerprint density at radius 2 is 1.92 bits per heavy atom. The molecule has 0 heterocycles. The third kappa shape index (κ3) is 5.05. The van der Waals surface area contributed by atoms with Gasteiger partial charge < -0.3 is 15.0 Å². The molecule has 0 aromatic heterocycles. The molecule has 6 heteroatoms. The third-order valence-electron chi connectivity index (χ3n) is 4.45. The molecule has 1 aromatic carbocycles. The van der Waals surface area contributed by atoms with Crippen molar-refractivity contribution in [1.29, 1.82) is 0 Å². The van der Waals surface area contributed by atoms with Crippen LogP contribution in [0, 0.1) is 0 Å². The van der Waals surface area contributed by atoms with E-state index in [-0.39, 0.29) is 30.1 Å². The van der Waals surface area contributed by atoms with Crippen molar-refractivity contribution in [3.05, 3.63) is 35.4 Å². The molecule has 1 fully saturated rings. The number of nitrogens with one attached hydrogen (secondary N) is 1. The lowest BCUT2D eigenvalue weighted by molar-refractivity contribution is -0.148. The molecule has 1 amide bonds. The molecular formula is C18H25BrN2O3. The molecule has 3 unspecified atom stereocenters. The summed E-state index contributed by atoms with van der Waals surface area (Å²) in [6.45, 7) is 1.43. The summed E-state index contributed by atoms with van der Waals surface area (Å²) in [5, 5.41) is 3.89. The van der Waals surface area contributed by atoms with Gasteiger partial charge in [-0.05, 0) is 44.6 Å². The highest BCUT2D eigenvalue weighted by molar-refractivity contribution is 9.08. The van der Waals surface area contributed by atoms with Gasteiger partial charge >= 0.3 is 5.97 Å². The van der Waals surface area contributed by atoms with E-state index >= 15 is 0 Å². The van der Waals surface area contributed by atoms with Crippen LogP contribution in [0.25, 0.3) is 0 Å². The maximum atomic E-state index is 12.6. The summed E-state index contributed by atoms with van der Waals surface area (Å²) in [4.78, 5) is 25.9. The number of nitrogens with zero attached hydrogens (tertiary/aromatic N) is 1. The predicted molar refractivity (Wildman–Crippen MR) is 97.2 cm³/mol. The van der Waals surface area contributed by atoms with E-state index in [9.17, 15) is 9.59 Å². The van der Waals surface area contributed by atoms with E-state index in [0.717, 1.165) is 23.7 Å².